The Bertz CT molecular complexity index is 230. The van der Waals surface area contributed by atoms with Crippen LogP contribution in [0.25, 0.3) is 0 Å². The van der Waals surface area contributed by atoms with Crippen LogP contribution in [0.3, 0.4) is 0 Å². The molecule has 1 rings (SSSR count). The molecule has 1 aliphatic rings. The second-order valence-corrected chi connectivity index (χ2v) is 4.46. The number of aliphatic hydroxyl groups excluding tert-OH is 1. The van der Waals surface area contributed by atoms with Gasteiger partial charge in [0, 0.05) is 6.04 Å². The summed E-state index contributed by atoms with van der Waals surface area (Å²) in [5.41, 5.74) is 5.49. The molecule has 0 aromatic heterocycles. The summed E-state index contributed by atoms with van der Waals surface area (Å²) in [5.74, 6) is 0. The van der Waals surface area contributed by atoms with Crippen molar-refractivity contribution >= 4 is 7.82 Å². The van der Waals surface area contributed by atoms with Crippen LogP contribution >= 0.6 is 7.82 Å². The highest BCUT2D eigenvalue weighted by Crippen LogP contribution is 2.36. The van der Waals surface area contributed by atoms with Crippen molar-refractivity contribution in [1.82, 2.24) is 0 Å². The smallest absolute Gasteiger partial charge is 0.390 e. The molecule has 0 unspecified atom stereocenters. The lowest BCUT2D eigenvalue weighted by Crippen LogP contribution is -2.46. The van der Waals surface area contributed by atoms with Gasteiger partial charge in [-0.15, -0.1) is 0 Å². The molecule has 0 radical (unpaired) electrons. The van der Waals surface area contributed by atoms with Crippen molar-refractivity contribution < 1.29 is 28.7 Å². The number of nitrogens with two attached hydrogens (primary N) is 1. The van der Waals surface area contributed by atoms with Crippen LogP contribution in [0.15, 0.2) is 0 Å². The van der Waals surface area contributed by atoms with E-state index in [0.717, 1.165) is 0 Å². The molecule has 1 fully saturated rings. The molecule has 0 spiro atoms. The largest absolute Gasteiger partial charge is 0.469 e. The molecule has 7 nitrogen and oxygen atoms in total. The zero-order valence-electron chi connectivity index (χ0n) is 7.44. The van der Waals surface area contributed by atoms with Crippen LogP contribution in [-0.4, -0.2) is 46.4 Å². The highest BCUT2D eigenvalue weighted by molar-refractivity contribution is 7.46. The Morgan fingerprint density at radius 2 is 2.21 bits per heavy atom. The highest BCUT2D eigenvalue weighted by atomic mass is 31.2. The molecule has 0 aromatic rings. The summed E-state index contributed by atoms with van der Waals surface area (Å²) in [6, 6.07) is -0.240. The van der Waals surface area contributed by atoms with Gasteiger partial charge >= 0.3 is 7.82 Å². The van der Waals surface area contributed by atoms with E-state index in [1.807, 2.05) is 0 Å². The third-order valence-electron chi connectivity index (χ3n) is 1.90. The molecule has 0 bridgehead atoms. The van der Waals surface area contributed by atoms with E-state index >= 15 is 0 Å². The Labute approximate surface area is 81.1 Å². The van der Waals surface area contributed by atoms with Gasteiger partial charge in [0.2, 0.25) is 0 Å². The molecule has 1 saturated heterocycles. The maximum atomic E-state index is 10.4. The molecule has 3 atom stereocenters. The number of rotatable bonds is 3. The van der Waals surface area contributed by atoms with E-state index in [1.165, 1.54) is 0 Å². The average molecular weight is 227 g/mol. The zero-order chi connectivity index (χ0) is 10.8. The van der Waals surface area contributed by atoms with Crippen LogP contribution in [0.1, 0.15) is 6.42 Å². The third kappa shape index (κ3) is 4.02. The number of aliphatic hydroxyl groups is 1. The van der Waals surface area contributed by atoms with Gasteiger partial charge in [-0.25, -0.2) is 4.57 Å². The maximum absolute atomic E-state index is 10.4. The summed E-state index contributed by atoms with van der Waals surface area (Å²) in [4.78, 5) is 16.8. The summed E-state index contributed by atoms with van der Waals surface area (Å²) in [5, 5.41) is 9.40. The molecule has 1 heterocycles. The van der Waals surface area contributed by atoms with Crippen molar-refractivity contribution in [1.29, 1.82) is 0 Å². The van der Waals surface area contributed by atoms with Crippen molar-refractivity contribution in [2.45, 2.75) is 24.7 Å². The second-order valence-electron chi connectivity index (χ2n) is 3.22. The fraction of sp³-hybridized carbons (Fsp3) is 1.00. The van der Waals surface area contributed by atoms with Gasteiger partial charge in [0.25, 0.3) is 0 Å². The monoisotopic (exact) mass is 227 g/mol. The van der Waals surface area contributed by atoms with Crippen LogP contribution < -0.4 is 5.73 Å². The lowest BCUT2D eigenvalue weighted by molar-refractivity contribution is -0.0995. The van der Waals surface area contributed by atoms with Crippen molar-refractivity contribution in [3.05, 3.63) is 0 Å². The fourth-order valence-electron chi connectivity index (χ4n) is 1.22. The minimum absolute atomic E-state index is 0.240. The van der Waals surface area contributed by atoms with Crippen molar-refractivity contribution in [2.75, 3.05) is 13.2 Å². The van der Waals surface area contributed by atoms with Crippen LogP contribution in [0, 0.1) is 0 Å². The zero-order valence-corrected chi connectivity index (χ0v) is 8.34. The van der Waals surface area contributed by atoms with Crippen LogP contribution in [0.5, 0.6) is 0 Å². The highest BCUT2D eigenvalue weighted by Gasteiger charge is 2.30. The van der Waals surface area contributed by atoms with Gasteiger partial charge in [-0.3, -0.25) is 4.52 Å². The molecule has 8 heteroatoms. The van der Waals surface area contributed by atoms with Gasteiger partial charge in [-0.1, -0.05) is 0 Å². The lowest BCUT2D eigenvalue weighted by Gasteiger charge is -2.31. The number of phosphoric acid groups is 1. The lowest BCUT2D eigenvalue weighted by atomic mass is 10.0. The Hall–Kier alpha value is -0.0100. The Balaban J connectivity index is 2.35. The summed E-state index contributed by atoms with van der Waals surface area (Å²) >= 11 is 0. The van der Waals surface area contributed by atoms with E-state index in [0.29, 0.717) is 6.42 Å². The minimum atomic E-state index is -4.50. The van der Waals surface area contributed by atoms with Crippen molar-refractivity contribution in [3.63, 3.8) is 0 Å². The summed E-state index contributed by atoms with van der Waals surface area (Å²) in [7, 11) is -4.50. The first-order valence-electron chi connectivity index (χ1n) is 4.14. The summed E-state index contributed by atoms with van der Waals surface area (Å²) < 4.78 is 19.6. The summed E-state index contributed by atoms with van der Waals surface area (Å²) in [6.07, 6.45) is -1.22. The second kappa shape index (κ2) is 4.67. The predicted octanol–water partition coefficient (Wildman–Crippen LogP) is -1.43. The number of ether oxygens (including phenoxy) is 1. The van der Waals surface area contributed by atoms with Gasteiger partial charge in [-0.05, 0) is 6.42 Å². The fourth-order valence-corrected chi connectivity index (χ4v) is 1.56. The van der Waals surface area contributed by atoms with E-state index in [9.17, 15) is 9.67 Å². The van der Waals surface area contributed by atoms with Gasteiger partial charge in [0.15, 0.2) is 0 Å². The normalized spacial score (nSPS) is 34.4. The maximum Gasteiger partial charge on any atom is 0.469 e. The molecule has 0 amide bonds. The summed E-state index contributed by atoms with van der Waals surface area (Å²) in [6.45, 7) is -0.0790. The molecule has 0 aromatic carbocycles. The Kier molecular flexibility index (Phi) is 4.03. The predicted molar refractivity (Wildman–Crippen MR) is 46.3 cm³/mol. The molecular formula is C6H14NO6P. The van der Waals surface area contributed by atoms with E-state index in [-0.39, 0.29) is 19.3 Å². The van der Waals surface area contributed by atoms with Crippen molar-refractivity contribution in [2.24, 2.45) is 5.73 Å². The first-order chi connectivity index (χ1) is 6.38. The van der Waals surface area contributed by atoms with Gasteiger partial charge in [0.1, 0.15) is 6.10 Å². The van der Waals surface area contributed by atoms with E-state index in [2.05, 4.69) is 4.52 Å². The van der Waals surface area contributed by atoms with E-state index in [4.69, 9.17) is 20.3 Å². The molecule has 0 saturated carbocycles. The number of phosphoric ester groups is 1. The third-order valence-corrected chi connectivity index (χ3v) is 2.39. The standard InChI is InChI=1S/C6H14NO6P/c7-4-1-5(8)6(12-2-4)3-13-14(9,10)11/h4-6,8H,1-3,7H2,(H2,9,10,11)/t4-,5-,6+/m0/s1. The van der Waals surface area contributed by atoms with Gasteiger partial charge in [0.05, 0.1) is 19.3 Å². The first-order valence-corrected chi connectivity index (χ1v) is 5.67. The van der Waals surface area contributed by atoms with Crippen LogP contribution in [0.2, 0.25) is 0 Å². The topological polar surface area (TPSA) is 122 Å². The SMILES string of the molecule is N[C@@H]1CO[C@H](COP(=O)(O)O)[C@@H](O)C1. The van der Waals surface area contributed by atoms with E-state index in [1.54, 1.807) is 0 Å². The molecule has 1 aliphatic heterocycles. The van der Waals surface area contributed by atoms with Crippen LogP contribution in [0.4, 0.5) is 0 Å². The van der Waals surface area contributed by atoms with Crippen molar-refractivity contribution in [3.8, 4) is 0 Å². The molecule has 5 N–H and O–H groups in total. The van der Waals surface area contributed by atoms with Crippen LogP contribution in [-0.2, 0) is 13.8 Å². The quantitative estimate of drug-likeness (QED) is 0.436. The molecule has 84 valence electrons. The average Bonchev–Trinajstić information content (AvgIpc) is 2.00. The minimum Gasteiger partial charge on any atom is -0.390 e. The Morgan fingerprint density at radius 1 is 1.57 bits per heavy atom. The number of hydrogen-bond donors (Lipinski definition) is 4. The molecular weight excluding hydrogens is 213 g/mol. The Morgan fingerprint density at radius 3 is 2.71 bits per heavy atom. The van der Waals surface area contributed by atoms with Gasteiger partial charge < -0.3 is 25.4 Å². The number of hydrogen-bond acceptors (Lipinski definition) is 5. The van der Waals surface area contributed by atoms with Gasteiger partial charge in [-0.2, -0.15) is 0 Å². The first kappa shape index (κ1) is 12.1. The molecule has 14 heavy (non-hydrogen) atoms. The molecule has 0 aliphatic carbocycles. The van der Waals surface area contributed by atoms with E-state index < -0.39 is 20.0 Å².